The van der Waals surface area contributed by atoms with Crippen LogP contribution in [0.1, 0.15) is 70.1 Å². The molecule has 1 N–H and O–H groups in total. The van der Waals surface area contributed by atoms with Gasteiger partial charge in [0.1, 0.15) is 6.10 Å². The maximum absolute atomic E-state index is 13.0. The van der Waals surface area contributed by atoms with Gasteiger partial charge in [0.15, 0.2) is 11.6 Å². The van der Waals surface area contributed by atoms with E-state index in [2.05, 4.69) is 33.9 Å². The summed E-state index contributed by atoms with van der Waals surface area (Å²) in [7, 11) is 0. The molecule has 3 heterocycles. The summed E-state index contributed by atoms with van der Waals surface area (Å²) in [6, 6.07) is -0.0576. The van der Waals surface area contributed by atoms with Gasteiger partial charge in [-0.05, 0) is 32.9 Å². The molecule has 0 spiro atoms. The van der Waals surface area contributed by atoms with Crippen molar-refractivity contribution in [2.75, 3.05) is 32.8 Å². The molecule has 2 fully saturated rings. The van der Waals surface area contributed by atoms with E-state index in [1.165, 1.54) is 25.7 Å². The van der Waals surface area contributed by atoms with E-state index in [1.54, 1.807) is 0 Å². The number of H-pyrrole nitrogens is 1. The van der Waals surface area contributed by atoms with E-state index in [0.29, 0.717) is 19.7 Å². The van der Waals surface area contributed by atoms with Gasteiger partial charge in [-0.2, -0.15) is 5.10 Å². The van der Waals surface area contributed by atoms with Crippen LogP contribution in [0.25, 0.3) is 0 Å². The zero-order chi connectivity index (χ0) is 17.8. The normalized spacial score (nSPS) is 24.3. The molecule has 7 heteroatoms. The van der Waals surface area contributed by atoms with Crippen molar-refractivity contribution in [1.82, 2.24) is 25.0 Å². The number of carbonyl (C=O) groups is 1. The number of hydrogen-bond acceptors (Lipinski definition) is 5. The quantitative estimate of drug-likeness (QED) is 0.901. The molecule has 140 valence electrons. The largest absolute Gasteiger partial charge is 0.367 e. The van der Waals surface area contributed by atoms with Gasteiger partial charge in [-0.1, -0.05) is 26.7 Å². The third-order valence-corrected chi connectivity index (χ3v) is 5.27. The molecule has 1 aromatic heterocycles. The minimum atomic E-state index is -0.214. The van der Waals surface area contributed by atoms with Crippen LogP contribution in [0, 0.1) is 0 Å². The molecule has 0 aliphatic carbocycles. The first-order chi connectivity index (χ1) is 12.1. The van der Waals surface area contributed by atoms with Crippen LogP contribution in [0.15, 0.2) is 0 Å². The first-order valence-corrected chi connectivity index (χ1v) is 9.63. The van der Waals surface area contributed by atoms with Crippen molar-refractivity contribution >= 4 is 5.91 Å². The topological polar surface area (TPSA) is 74.4 Å². The van der Waals surface area contributed by atoms with E-state index >= 15 is 0 Å². The van der Waals surface area contributed by atoms with Crippen LogP contribution in [-0.2, 0) is 9.53 Å². The Balaban J connectivity index is 1.62. The highest BCUT2D eigenvalue weighted by molar-refractivity contribution is 5.81. The number of hydrogen-bond donors (Lipinski definition) is 1. The maximum atomic E-state index is 13.0. The van der Waals surface area contributed by atoms with Crippen molar-refractivity contribution in [2.24, 2.45) is 0 Å². The highest BCUT2D eigenvalue weighted by Crippen LogP contribution is 2.22. The molecule has 2 atom stereocenters. The fraction of sp³-hybridized carbons (Fsp3) is 0.833. The zero-order valence-corrected chi connectivity index (χ0v) is 15.7. The van der Waals surface area contributed by atoms with E-state index in [9.17, 15) is 4.79 Å². The monoisotopic (exact) mass is 349 g/mol. The van der Waals surface area contributed by atoms with E-state index in [4.69, 9.17) is 4.74 Å². The Labute approximate surface area is 150 Å². The summed E-state index contributed by atoms with van der Waals surface area (Å²) in [6.45, 7) is 9.97. The van der Waals surface area contributed by atoms with Crippen LogP contribution < -0.4 is 0 Å². The summed E-state index contributed by atoms with van der Waals surface area (Å²) < 4.78 is 5.84. The van der Waals surface area contributed by atoms with Gasteiger partial charge in [0.05, 0.1) is 19.2 Å². The minimum absolute atomic E-state index is 0.0576. The fourth-order valence-electron chi connectivity index (χ4n) is 3.61. The molecular formula is C18H31N5O2. The maximum Gasteiger partial charge on any atom is 0.239 e. The predicted octanol–water partition coefficient (Wildman–Crippen LogP) is 2.09. The number of rotatable bonds is 4. The zero-order valence-electron chi connectivity index (χ0n) is 15.7. The van der Waals surface area contributed by atoms with E-state index in [1.807, 2.05) is 11.8 Å². The number of carbonyl (C=O) groups excluding carboxylic acids is 1. The van der Waals surface area contributed by atoms with Crippen LogP contribution in [-0.4, -0.2) is 69.7 Å². The molecule has 2 aliphatic rings. The standard InChI is InChI=1S/C18H31N5O2/c1-13(2)16-19-17(21-20-16)15-12-23(10-11-25-15)18(24)14(3)22-8-6-4-5-7-9-22/h13-15H,4-12H2,1-3H3,(H,19,20,21)/t14-,15-/m0/s1. The summed E-state index contributed by atoms with van der Waals surface area (Å²) in [5, 5.41) is 7.23. The van der Waals surface area contributed by atoms with Crippen LogP contribution in [0.3, 0.4) is 0 Å². The lowest BCUT2D eigenvalue weighted by atomic mass is 10.2. The number of nitrogens with zero attached hydrogens (tertiary/aromatic N) is 4. The van der Waals surface area contributed by atoms with Crippen molar-refractivity contribution in [3.63, 3.8) is 0 Å². The average molecular weight is 349 g/mol. The smallest absolute Gasteiger partial charge is 0.239 e. The molecule has 1 aromatic rings. The summed E-state index contributed by atoms with van der Waals surface area (Å²) in [6.07, 6.45) is 4.73. The second-order valence-electron chi connectivity index (χ2n) is 7.50. The van der Waals surface area contributed by atoms with Crippen LogP contribution in [0.5, 0.6) is 0 Å². The molecular weight excluding hydrogens is 318 g/mol. The lowest BCUT2D eigenvalue weighted by Gasteiger charge is -2.36. The predicted molar refractivity (Wildman–Crippen MR) is 95.2 cm³/mol. The molecule has 0 bridgehead atoms. The van der Waals surface area contributed by atoms with E-state index in [0.717, 1.165) is 24.7 Å². The number of likely N-dealkylation sites (tertiary alicyclic amines) is 1. The highest BCUT2D eigenvalue weighted by Gasteiger charge is 2.32. The van der Waals surface area contributed by atoms with Gasteiger partial charge in [-0.3, -0.25) is 14.8 Å². The molecule has 1 amide bonds. The third-order valence-electron chi connectivity index (χ3n) is 5.27. The van der Waals surface area contributed by atoms with Gasteiger partial charge in [0.2, 0.25) is 5.91 Å². The fourth-order valence-corrected chi connectivity index (χ4v) is 3.61. The minimum Gasteiger partial charge on any atom is -0.367 e. The van der Waals surface area contributed by atoms with Crippen molar-refractivity contribution in [3.05, 3.63) is 11.6 Å². The average Bonchev–Trinajstić information content (AvgIpc) is 2.97. The van der Waals surface area contributed by atoms with Gasteiger partial charge in [-0.25, -0.2) is 4.98 Å². The number of morpholine rings is 1. The second kappa shape index (κ2) is 8.27. The molecule has 7 nitrogen and oxygen atoms in total. The number of amides is 1. The Kier molecular flexibility index (Phi) is 6.06. The highest BCUT2D eigenvalue weighted by atomic mass is 16.5. The Hall–Kier alpha value is -1.47. The summed E-state index contributed by atoms with van der Waals surface area (Å²) in [5.41, 5.74) is 0. The molecule has 25 heavy (non-hydrogen) atoms. The van der Waals surface area contributed by atoms with Crippen LogP contribution >= 0.6 is 0 Å². The molecule has 0 radical (unpaired) electrons. The van der Waals surface area contributed by atoms with Crippen molar-refractivity contribution < 1.29 is 9.53 Å². The van der Waals surface area contributed by atoms with Crippen LogP contribution in [0.2, 0.25) is 0 Å². The number of nitrogens with one attached hydrogen (secondary N) is 1. The summed E-state index contributed by atoms with van der Waals surface area (Å²) in [4.78, 5) is 21.8. The van der Waals surface area contributed by atoms with Gasteiger partial charge in [0, 0.05) is 12.5 Å². The van der Waals surface area contributed by atoms with Gasteiger partial charge in [-0.15, -0.1) is 0 Å². The Bertz CT molecular complexity index is 566. The molecule has 0 aromatic carbocycles. The van der Waals surface area contributed by atoms with E-state index < -0.39 is 0 Å². The van der Waals surface area contributed by atoms with Gasteiger partial charge >= 0.3 is 0 Å². The molecule has 3 rings (SSSR count). The lowest BCUT2D eigenvalue weighted by Crippen LogP contribution is -2.51. The van der Waals surface area contributed by atoms with Gasteiger partial charge < -0.3 is 9.64 Å². The number of aromatic amines is 1. The molecule has 0 unspecified atom stereocenters. The lowest BCUT2D eigenvalue weighted by molar-refractivity contribution is -0.144. The van der Waals surface area contributed by atoms with Crippen molar-refractivity contribution in [3.8, 4) is 0 Å². The summed E-state index contributed by atoms with van der Waals surface area (Å²) >= 11 is 0. The first kappa shape index (κ1) is 18.3. The van der Waals surface area contributed by atoms with E-state index in [-0.39, 0.29) is 24.0 Å². The van der Waals surface area contributed by atoms with Crippen molar-refractivity contribution in [2.45, 2.75) is 64.5 Å². The van der Waals surface area contributed by atoms with Gasteiger partial charge in [0.25, 0.3) is 0 Å². The SMILES string of the molecule is CC(C)c1n[nH]c([C@@H]2CN(C(=O)[C@H](C)N3CCCCCC3)CCO2)n1. The van der Waals surface area contributed by atoms with Crippen molar-refractivity contribution in [1.29, 1.82) is 0 Å². The molecule has 2 aliphatic heterocycles. The Morgan fingerprint density at radius 1 is 1.16 bits per heavy atom. The molecule has 0 saturated carbocycles. The number of ether oxygens (including phenoxy) is 1. The Morgan fingerprint density at radius 2 is 1.88 bits per heavy atom. The number of aromatic nitrogens is 3. The van der Waals surface area contributed by atoms with Crippen LogP contribution in [0.4, 0.5) is 0 Å². The molecule has 2 saturated heterocycles. The first-order valence-electron chi connectivity index (χ1n) is 9.63. The Morgan fingerprint density at radius 3 is 2.52 bits per heavy atom. The summed E-state index contributed by atoms with van der Waals surface area (Å²) in [5.74, 6) is 2.00. The third kappa shape index (κ3) is 4.39. The second-order valence-corrected chi connectivity index (χ2v) is 7.50.